The molecule has 1 aromatic carbocycles. The SMILES string of the molecule is CC(C)C1SCc2c(F)cc(Br)cc2C1N. The molecule has 1 aliphatic rings. The average Bonchev–Trinajstić information content (AvgIpc) is 2.19. The minimum absolute atomic E-state index is 0.0688. The number of thioether (sulfide) groups is 1. The van der Waals surface area contributed by atoms with E-state index in [0.717, 1.165) is 21.4 Å². The van der Waals surface area contributed by atoms with Crippen molar-refractivity contribution >= 4 is 27.7 Å². The normalized spacial score (nSPS) is 24.6. The molecule has 0 saturated heterocycles. The Morgan fingerprint density at radius 2 is 2.19 bits per heavy atom. The maximum atomic E-state index is 13.7. The second-order valence-electron chi connectivity index (χ2n) is 4.50. The Morgan fingerprint density at radius 1 is 1.50 bits per heavy atom. The second-order valence-corrected chi connectivity index (χ2v) is 6.58. The van der Waals surface area contributed by atoms with Gasteiger partial charge in [0.2, 0.25) is 0 Å². The Morgan fingerprint density at radius 3 is 2.81 bits per heavy atom. The molecular formula is C12H15BrFNS. The van der Waals surface area contributed by atoms with Crippen LogP contribution in [0.2, 0.25) is 0 Å². The van der Waals surface area contributed by atoms with E-state index < -0.39 is 0 Å². The summed E-state index contributed by atoms with van der Waals surface area (Å²) in [6.45, 7) is 4.33. The zero-order valence-corrected chi connectivity index (χ0v) is 11.7. The van der Waals surface area contributed by atoms with Crippen molar-refractivity contribution in [2.75, 3.05) is 0 Å². The zero-order chi connectivity index (χ0) is 11.9. The molecular weight excluding hydrogens is 289 g/mol. The van der Waals surface area contributed by atoms with E-state index in [1.807, 2.05) is 6.07 Å². The Balaban J connectivity index is 2.44. The number of hydrogen-bond acceptors (Lipinski definition) is 2. The molecule has 2 rings (SSSR count). The molecule has 0 amide bonds. The summed E-state index contributed by atoms with van der Waals surface area (Å²) in [4.78, 5) is 0. The van der Waals surface area contributed by atoms with Crippen LogP contribution < -0.4 is 5.73 Å². The van der Waals surface area contributed by atoms with Crippen LogP contribution >= 0.6 is 27.7 Å². The van der Waals surface area contributed by atoms with E-state index in [1.54, 1.807) is 11.8 Å². The van der Waals surface area contributed by atoms with Crippen molar-refractivity contribution in [3.8, 4) is 0 Å². The predicted molar refractivity (Wildman–Crippen MR) is 70.9 cm³/mol. The molecule has 0 aliphatic carbocycles. The summed E-state index contributed by atoms with van der Waals surface area (Å²) in [5, 5.41) is 0.376. The van der Waals surface area contributed by atoms with Gasteiger partial charge >= 0.3 is 0 Å². The second kappa shape index (κ2) is 4.67. The average molecular weight is 304 g/mol. The smallest absolute Gasteiger partial charge is 0.128 e. The van der Waals surface area contributed by atoms with Crippen LogP contribution in [0.3, 0.4) is 0 Å². The van der Waals surface area contributed by atoms with Crippen molar-refractivity contribution in [1.82, 2.24) is 0 Å². The minimum Gasteiger partial charge on any atom is -0.323 e. The first-order valence-corrected chi connectivity index (χ1v) is 7.20. The molecule has 1 nitrogen and oxygen atoms in total. The summed E-state index contributed by atoms with van der Waals surface area (Å²) in [5.41, 5.74) is 7.96. The summed E-state index contributed by atoms with van der Waals surface area (Å²) < 4.78 is 14.5. The van der Waals surface area contributed by atoms with Crippen LogP contribution in [0.15, 0.2) is 16.6 Å². The lowest BCUT2D eigenvalue weighted by atomic mass is 9.93. The number of halogens is 2. The Bertz CT molecular complexity index is 408. The van der Waals surface area contributed by atoms with Crippen molar-refractivity contribution in [3.05, 3.63) is 33.5 Å². The summed E-state index contributed by atoms with van der Waals surface area (Å²) in [6.07, 6.45) is 0. The van der Waals surface area contributed by atoms with Crippen molar-refractivity contribution in [3.63, 3.8) is 0 Å². The van der Waals surface area contributed by atoms with Crippen molar-refractivity contribution in [2.45, 2.75) is 30.9 Å². The van der Waals surface area contributed by atoms with E-state index in [4.69, 9.17) is 5.73 Å². The first-order valence-electron chi connectivity index (χ1n) is 5.35. The Labute approximate surface area is 108 Å². The van der Waals surface area contributed by atoms with Gasteiger partial charge in [0.05, 0.1) is 0 Å². The number of benzene rings is 1. The maximum Gasteiger partial charge on any atom is 0.128 e. The molecule has 2 unspecified atom stereocenters. The molecule has 0 radical (unpaired) electrons. The fourth-order valence-electron chi connectivity index (χ4n) is 2.14. The van der Waals surface area contributed by atoms with Gasteiger partial charge in [0.1, 0.15) is 5.82 Å². The van der Waals surface area contributed by atoms with E-state index >= 15 is 0 Å². The molecule has 16 heavy (non-hydrogen) atoms. The van der Waals surface area contributed by atoms with Crippen LogP contribution in [0, 0.1) is 11.7 Å². The quantitative estimate of drug-likeness (QED) is 0.852. The summed E-state index contributed by atoms with van der Waals surface area (Å²) >= 11 is 5.09. The lowest BCUT2D eigenvalue weighted by Crippen LogP contribution is -2.32. The van der Waals surface area contributed by atoms with E-state index in [0.29, 0.717) is 11.2 Å². The van der Waals surface area contributed by atoms with Crippen molar-refractivity contribution < 1.29 is 4.39 Å². The van der Waals surface area contributed by atoms with E-state index in [2.05, 4.69) is 29.8 Å². The topological polar surface area (TPSA) is 26.0 Å². The largest absolute Gasteiger partial charge is 0.323 e. The van der Waals surface area contributed by atoms with Gasteiger partial charge in [0.15, 0.2) is 0 Å². The number of nitrogens with two attached hydrogens (primary N) is 1. The lowest BCUT2D eigenvalue weighted by molar-refractivity contribution is 0.513. The highest BCUT2D eigenvalue weighted by Crippen LogP contribution is 2.41. The third-order valence-corrected chi connectivity index (χ3v) is 5.12. The molecule has 4 heteroatoms. The number of fused-ring (bicyclic) bond motifs is 1. The van der Waals surface area contributed by atoms with Gasteiger partial charge in [0, 0.05) is 27.1 Å². The Kier molecular flexibility index (Phi) is 3.62. The summed E-state index contributed by atoms with van der Waals surface area (Å²) in [7, 11) is 0. The number of rotatable bonds is 1. The molecule has 0 fully saturated rings. The van der Waals surface area contributed by atoms with Gasteiger partial charge in [-0.2, -0.15) is 11.8 Å². The predicted octanol–water partition coefficient (Wildman–Crippen LogP) is 3.86. The molecule has 0 saturated carbocycles. The van der Waals surface area contributed by atoms with Gasteiger partial charge in [-0.05, 0) is 23.6 Å². The van der Waals surface area contributed by atoms with Gasteiger partial charge in [-0.3, -0.25) is 0 Å². The molecule has 1 heterocycles. The fourth-order valence-corrected chi connectivity index (χ4v) is 3.99. The highest BCUT2D eigenvalue weighted by molar-refractivity contribution is 9.10. The van der Waals surface area contributed by atoms with Crippen molar-refractivity contribution in [1.29, 1.82) is 0 Å². The lowest BCUT2D eigenvalue weighted by Gasteiger charge is -2.33. The Hall–Kier alpha value is -0.0600. The molecule has 88 valence electrons. The fraction of sp³-hybridized carbons (Fsp3) is 0.500. The van der Waals surface area contributed by atoms with E-state index in [9.17, 15) is 4.39 Å². The van der Waals surface area contributed by atoms with Gasteiger partial charge in [-0.1, -0.05) is 29.8 Å². The highest BCUT2D eigenvalue weighted by atomic mass is 79.9. The summed E-state index contributed by atoms with van der Waals surface area (Å²) in [5.74, 6) is 1.09. The van der Waals surface area contributed by atoms with Crippen LogP contribution in [-0.2, 0) is 5.75 Å². The van der Waals surface area contributed by atoms with Crippen LogP contribution in [-0.4, -0.2) is 5.25 Å². The van der Waals surface area contributed by atoms with E-state index in [-0.39, 0.29) is 11.9 Å². The monoisotopic (exact) mass is 303 g/mol. The van der Waals surface area contributed by atoms with Gasteiger partial charge in [0.25, 0.3) is 0 Å². The third-order valence-electron chi connectivity index (χ3n) is 2.99. The molecule has 0 spiro atoms. The summed E-state index contributed by atoms with van der Waals surface area (Å²) in [6, 6.07) is 3.40. The first-order chi connectivity index (χ1) is 7.50. The minimum atomic E-state index is -0.144. The van der Waals surface area contributed by atoms with Gasteiger partial charge in [-0.15, -0.1) is 0 Å². The van der Waals surface area contributed by atoms with Gasteiger partial charge < -0.3 is 5.73 Å². The molecule has 1 aliphatic heterocycles. The highest BCUT2D eigenvalue weighted by Gasteiger charge is 2.31. The molecule has 2 N–H and O–H groups in total. The molecule has 0 bridgehead atoms. The van der Waals surface area contributed by atoms with E-state index in [1.165, 1.54) is 6.07 Å². The standard InChI is InChI=1S/C12H15BrFNS/c1-6(2)12-11(15)8-3-7(13)4-10(14)9(8)5-16-12/h3-4,6,11-12H,5,15H2,1-2H3. The molecule has 2 atom stereocenters. The molecule has 0 aromatic heterocycles. The molecule has 1 aromatic rings. The van der Waals surface area contributed by atoms with Crippen LogP contribution in [0.25, 0.3) is 0 Å². The van der Waals surface area contributed by atoms with Crippen LogP contribution in [0.1, 0.15) is 31.0 Å². The van der Waals surface area contributed by atoms with Crippen LogP contribution in [0.5, 0.6) is 0 Å². The number of hydrogen-bond donors (Lipinski definition) is 1. The zero-order valence-electron chi connectivity index (χ0n) is 9.34. The van der Waals surface area contributed by atoms with Crippen molar-refractivity contribution in [2.24, 2.45) is 11.7 Å². The third kappa shape index (κ3) is 2.15. The van der Waals surface area contributed by atoms with Crippen LogP contribution in [0.4, 0.5) is 4.39 Å². The van der Waals surface area contributed by atoms with Gasteiger partial charge in [-0.25, -0.2) is 4.39 Å². The maximum absolute atomic E-state index is 13.7. The first kappa shape index (κ1) is 12.4.